The Balaban J connectivity index is 3.14. The highest BCUT2D eigenvalue weighted by atomic mass is 32.2. The fraction of sp³-hybridized carbons (Fsp3) is 0.429. The van der Waals surface area contributed by atoms with Crippen LogP contribution in [-0.4, -0.2) is 26.3 Å². The van der Waals surface area contributed by atoms with Crippen LogP contribution in [0.4, 0.5) is 4.39 Å². The molecule has 4 nitrogen and oxygen atoms in total. The summed E-state index contributed by atoms with van der Waals surface area (Å²) in [6.45, 7) is 5.51. The third-order valence-corrected chi connectivity index (χ3v) is 5.14. The Morgan fingerprint density at radius 1 is 1.45 bits per heavy atom. The summed E-state index contributed by atoms with van der Waals surface area (Å²) in [7, 11) is -2.21. The van der Waals surface area contributed by atoms with Crippen LogP contribution in [0, 0.1) is 12.7 Å². The smallest absolute Gasteiger partial charge is 0.243 e. The molecule has 1 aromatic carbocycles. The van der Waals surface area contributed by atoms with Crippen molar-refractivity contribution < 1.29 is 12.8 Å². The Hall–Kier alpha value is -1.24. The zero-order valence-corrected chi connectivity index (χ0v) is 12.7. The van der Waals surface area contributed by atoms with Crippen LogP contribution < -0.4 is 5.73 Å². The quantitative estimate of drug-likeness (QED) is 0.620. The molecule has 1 aromatic rings. The van der Waals surface area contributed by atoms with Crippen molar-refractivity contribution in [3.05, 3.63) is 41.7 Å². The molecule has 6 heteroatoms. The molecule has 0 fully saturated rings. The van der Waals surface area contributed by atoms with Gasteiger partial charge in [-0.1, -0.05) is 6.08 Å². The molecule has 0 aliphatic rings. The average molecular weight is 300 g/mol. The van der Waals surface area contributed by atoms with Crippen LogP contribution in [0.15, 0.2) is 29.7 Å². The fourth-order valence-corrected chi connectivity index (χ4v) is 3.33. The number of nitrogens with zero attached hydrogens (tertiary/aromatic N) is 1. The molecule has 0 saturated carbocycles. The van der Waals surface area contributed by atoms with Crippen LogP contribution in [0.1, 0.15) is 24.0 Å². The van der Waals surface area contributed by atoms with Crippen LogP contribution in [0.25, 0.3) is 0 Å². The molecule has 0 bridgehead atoms. The summed E-state index contributed by atoms with van der Waals surface area (Å²) < 4.78 is 39.9. The van der Waals surface area contributed by atoms with E-state index in [1.165, 1.54) is 30.4 Å². The topological polar surface area (TPSA) is 63.4 Å². The standard InChI is InChI=1S/C14H21FN2O2S/c1-4-5-6-7-17(3)20(18,19)14-9-12(10-16)8-13(15)11(14)2/h4,8-9H,1,5-7,10,16H2,2-3H3. The number of allylic oxidation sites excluding steroid dienone is 1. The first-order chi connectivity index (χ1) is 9.34. The average Bonchev–Trinajstić information content (AvgIpc) is 2.41. The monoisotopic (exact) mass is 300 g/mol. The summed E-state index contributed by atoms with van der Waals surface area (Å²) in [5.74, 6) is -0.550. The van der Waals surface area contributed by atoms with Crippen LogP contribution in [0.5, 0.6) is 0 Å². The van der Waals surface area contributed by atoms with E-state index in [2.05, 4.69) is 6.58 Å². The van der Waals surface area contributed by atoms with Crippen molar-refractivity contribution in [2.75, 3.05) is 13.6 Å². The van der Waals surface area contributed by atoms with Gasteiger partial charge in [-0.25, -0.2) is 17.1 Å². The maximum atomic E-state index is 13.8. The molecule has 0 spiro atoms. The molecular formula is C14H21FN2O2S. The fourth-order valence-electron chi connectivity index (χ4n) is 1.84. The van der Waals surface area contributed by atoms with E-state index < -0.39 is 15.8 Å². The van der Waals surface area contributed by atoms with Gasteiger partial charge in [0.1, 0.15) is 5.82 Å². The summed E-state index contributed by atoms with van der Waals surface area (Å²) in [5, 5.41) is 0. The molecule has 0 saturated heterocycles. The Labute approximate surface area is 120 Å². The molecule has 0 radical (unpaired) electrons. The minimum absolute atomic E-state index is 0.0148. The van der Waals surface area contributed by atoms with Crippen molar-refractivity contribution in [2.45, 2.75) is 31.2 Å². The van der Waals surface area contributed by atoms with Gasteiger partial charge in [-0.05, 0) is 37.5 Å². The van der Waals surface area contributed by atoms with Crippen LogP contribution in [-0.2, 0) is 16.6 Å². The van der Waals surface area contributed by atoms with Gasteiger partial charge in [0.2, 0.25) is 10.0 Å². The molecule has 112 valence electrons. The normalized spacial score (nSPS) is 11.8. The van der Waals surface area contributed by atoms with Gasteiger partial charge in [-0.15, -0.1) is 6.58 Å². The number of benzene rings is 1. The van der Waals surface area contributed by atoms with Gasteiger partial charge in [0.25, 0.3) is 0 Å². The van der Waals surface area contributed by atoms with E-state index in [1.54, 1.807) is 6.08 Å². The predicted octanol–water partition coefficient (Wildman–Crippen LogP) is 2.18. The van der Waals surface area contributed by atoms with E-state index in [-0.39, 0.29) is 17.0 Å². The number of sulfonamides is 1. The number of nitrogens with two attached hydrogens (primary N) is 1. The van der Waals surface area contributed by atoms with Crippen LogP contribution >= 0.6 is 0 Å². The molecule has 0 atom stereocenters. The van der Waals surface area contributed by atoms with Crippen LogP contribution in [0.3, 0.4) is 0 Å². The van der Waals surface area contributed by atoms with E-state index in [4.69, 9.17) is 5.73 Å². The van der Waals surface area contributed by atoms with E-state index in [1.807, 2.05) is 0 Å². The molecule has 0 aliphatic heterocycles. The van der Waals surface area contributed by atoms with Gasteiger partial charge < -0.3 is 5.73 Å². The molecule has 0 heterocycles. The summed E-state index contributed by atoms with van der Waals surface area (Å²) in [4.78, 5) is -0.0148. The maximum absolute atomic E-state index is 13.8. The molecule has 0 aliphatic carbocycles. The molecular weight excluding hydrogens is 279 g/mol. The van der Waals surface area contributed by atoms with Crippen molar-refractivity contribution in [3.8, 4) is 0 Å². The second-order valence-electron chi connectivity index (χ2n) is 4.66. The lowest BCUT2D eigenvalue weighted by Gasteiger charge is -2.19. The van der Waals surface area contributed by atoms with Crippen molar-refractivity contribution in [1.82, 2.24) is 4.31 Å². The zero-order chi connectivity index (χ0) is 15.3. The molecule has 1 rings (SSSR count). The van der Waals surface area contributed by atoms with Gasteiger partial charge in [0, 0.05) is 25.7 Å². The first kappa shape index (κ1) is 16.8. The molecule has 2 N–H and O–H groups in total. The Morgan fingerprint density at radius 2 is 2.10 bits per heavy atom. The van der Waals surface area contributed by atoms with E-state index in [0.29, 0.717) is 18.5 Å². The highest BCUT2D eigenvalue weighted by Gasteiger charge is 2.24. The molecule has 0 amide bonds. The minimum Gasteiger partial charge on any atom is -0.326 e. The number of rotatable bonds is 7. The number of unbranched alkanes of at least 4 members (excludes halogenated alkanes) is 1. The number of hydrogen-bond acceptors (Lipinski definition) is 3. The Morgan fingerprint density at radius 3 is 2.65 bits per heavy atom. The predicted molar refractivity (Wildman–Crippen MR) is 78.3 cm³/mol. The van der Waals surface area contributed by atoms with Crippen LogP contribution in [0.2, 0.25) is 0 Å². The second-order valence-corrected chi connectivity index (χ2v) is 6.68. The lowest BCUT2D eigenvalue weighted by atomic mass is 10.1. The van der Waals surface area contributed by atoms with E-state index in [0.717, 1.165) is 6.42 Å². The zero-order valence-electron chi connectivity index (χ0n) is 11.9. The summed E-state index contributed by atoms with van der Waals surface area (Å²) in [6, 6.07) is 2.71. The largest absolute Gasteiger partial charge is 0.326 e. The lowest BCUT2D eigenvalue weighted by Crippen LogP contribution is -2.29. The van der Waals surface area contributed by atoms with Crippen molar-refractivity contribution in [2.24, 2.45) is 5.73 Å². The highest BCUT2D eigenvalue weighted by Crippen LogP contribution is 2.23. The van der Waals surface area contributed by atoms with E-state index in [9.17, 15) is 12.8 Å². The first-order valence-electron chi connectivity index (χ1n) is 6.41. The third-order valence-electron chi connectivity index (χ3n) is 3.16. The Kier molecular flexibility index (Phi) is 5.86. The molecule has 20 heavy (non-hydrogen) atoms. The van der Waals surface area contributed by atoms with Gasteiger partial charge in [0.05, 0.1) is 4.90 Å². The van der Waals surface area contributed by atoms with Gasteiger partial charge in [-0.3, -0.25) is 0 Å². The summed E-state index contributed by atoms with van der Waals surface area (Å²) in [5.41, 5.74) is 6.06. The Bertz CT molecular complexity index is 585. The number of halogens is 1. The molecule has 0 unspecified atom stereocenters. The van der Waals surface area contributed by atoms with Gasteiger partial charge in [0.15, 0.2) is 0 Å². The summed E-state index contributed by atoms with van der Waals surface area (Å²) >= 11 is 0. The van der Waals surface area contributed by atoms with Crippen molar-refractivity contribution >= 4 is 10.0 Å². The highest BCUT2D eigenvalue weighted by molar-refractivity contribution is 7.89. The lowest BCUT2D eigenvalue weighted by molar-refractivity contribution is 0.461. The summed E-state index contributed by atoms with van der Waals surface area (Å²) in [6.07, 6.45) is 3.15. The van der Waals surface area contributed by atoms with Crippen molar-refractivity contribution in [3.63, 3.8) is 0 Å². The van der Waals surface area contributed by atoms with Gasteiger partial charge >= 0.3 is 0 Å². The van der Waals surface area contributed by atoms with E-state index >= 15 is 0 Å². The second kappa shape index (κ2) is 6.97. The third kappa shape index (κ3) is 3.65. The maximum Gasteiger partial charge on any atom is 0.243 e. The minimum atomic E-state index is -3.70. The number of hydrogen-bond donors (Lipinski definition) is 1. The van der Waals surface area contributed by atoms with Gasteiger partial charge in [-0.2, -0.15) is 0 Å². The SMILES string of the molecule is C=CCCCN(C)S(=O)(=O)c1cc(CN)cc(F)c1C. The first-order valence-corrected chi connectivity index (χ1v) is 7.85. The molecule has 0 aromatic heterocycles. The van der Waals surface area contributed by atoms with Crippen molar-refractivity contribution in [1.29, 1.82) is 0 Å².